The van der Waals surface area contributed by atoms with Crippen molar-refractivity contribution in [2.75, 3.05) is 6.54 Å². The fraction of sp³-hybridized carbons (Fsp3) is 0.643. The highest BCUT2D eigenvalue weighted by Gasteiger charge is 2.12. The van der Waals surface area contributed by atoms with Crippen molar-refractivity contribution in [3.05, 3.63) is 24.2 Å². The maximum Gasteiger partial charge on any atom is 0.234 e. The maximum atomic E-state index is 11.7. The van der Waals surface area contributed by atoms with E-state index in [0.29, 0.717) is 19.1 Å². The fourth-order valence-electron chi connectivity index (χ4n) is 2.38. The van der Waals surface area contributed by atoms with Crippen molar-refractivity contribution in [1.82, 2.24) is 10.6 Å². The maximum absolute atomic E-state index is 11.7. The van der Waals surface area contributed by atoms with Crippen LogP contribution in [-0.2, 0) is 11.3 Å². The summed E-state index contributed by atoms with van der Waals surface area (Å²) in [6, 6.07) is 4.20. The van der Waals surface area contributed by atoms with Crippen molar-refractivity contribution >= 4 is 5.91 Å². The zero-order chi connectivity index (χ0) is 12.6. The zero-order valence-corrected chi connectivity index (χ0v) is 10.8. The van der Waals surface area contributed by atoms with Gasteiger partial charge in [0.2, 0.25) is 5.91 Å². The molecule has 0 atom stereocenters. The lowest BCUT2D eigenvalue weighted by atomic mass is 10.1. The molecule has 0 aliphatic heterocycles. The van der Waals surface area contributed by atoms with Gasteiger partial charge in [0.05, 0.1) is 19.4 Å². The van der Waals surface area contributed by atoms with Gasteiger partial charge in [0.25, 0.3) is 0 Å². The topological polar surface area (TPSA) is 54.3 Å². The van der Waals surface area contributed by atoms with E-state index in [0.717, 1.165) is 5.76 Å². The summed E-state index contributed by atoms with van der Waals surface area (Å²) in [6.07, 6.45) is 9.26. The predicted molar refractivity (Wildman–Crippen MR) is 70.0 cm³/mol. The predicted octanol–water partition coefficient (Wildman–Crippen LogP) is 2.21. The van der Waals surface area contributed by atoms with E-state index in [9.17, 15) is 4.79 Å². The minimum Gasteiger partial charge on any atom is -0.467 e. The summed E-state index contributed by atoms with van der Waals surface area (Å²) in [5.41, 5.74) is 0. The van der Waals surface area contributed by atoms with Crippen LogP contribution in [0.2, 0.25) is 0 Å². The fourth-order valence-corrected chi connectivity index (χ4v) is 2.38. The van der Waals surface area contributed by atoms with E-state index in [2.05, 4.69) is 10.6 Å². The van der Waals surface area contributed by atoms with Crippen LogP contribution < -0.4 is 10.6 Å². The molecule has 1 aromatic rings. The quantitative estimate of drug-likeness (QED) is 0.788. The van der Waals surface area contributed by atoms with E-state index in [-0.39, 0.29) is 5.91 Å². The Morgan fingerprint density at radius 3 is 2.72 bits per heavy atom. The molecule has 1 aliphatic rings. The molecule has 0 saturated heterocycles. The standard InChI is InChI=1S/C14H22N2O2/c17-14(16-10-13-8-5-9-18-13)11-15-12-6-3-1-2-4-7-12/h5,8-9,12,15H,1-4,6-7,10-11H2,(H,16,17). The minimum absolute atomic E-state index is 0.0376. The molecule has 0 radical (unpaired) electrons. The first-order valence-corrected chi connectivity index (χ1v) is 6.87. The molecule has 1 heterocycles. The smallest absolute Gasteiger partial charge is 0.234 e. The van der Waals surface area contributed by atoms with Crippen molar-refractivity contribution in [3.8, 4) is 0 Å². The summed E-state index contributed by atoms with van der Waals surface area (Å²) >= 11 is 0. The minimum atomic E-state index is 0.0376. The normalized spacial score (nSPS) is 17.3. The van der Waals surface area contributed by atoms with Crippen molar-refractivity contribution in [2.45, 2.75) is 51.1 Å². The van der Waals surface area contributed by atoms with Gasteiger partial charge in [-0.1, -0.05) is 25.7 Å². The molecule has 1 aromatic heterocycles. The van der Waals surface area contributed by atoms with Crippen molar-refractivity contribution in [1.29, 1.82) is 0 Å². The highest BCUT2D eigenvalue weighted by Crippen LogP contribution is 2.16. The van der Waals surface area contributed by atoms with Crippen LogP contribution in [0.1, 0.15) is 44.3 Å². The van der Waals surface area contributed by atoms with Crippen LogP contribution in [0.5, 0.6) is 0 Å². The van der Waals surface area contributed by atoms with Crippen LogP contribution in [0.25, 0.3) is 0 Å². The van der Waals surface area contributed by atoms with Crippen LogP contribution in [0.3, 0.4) is 0 Å². The zero-order valence-electron chi connectivity index (χ0n) is 10.8. The second kappa shape index (κ2) is 7.21. The van der Waals surface area contributed by atoms with Gasteiger partial charge >= 0.3 is 0 Å². The van der Waals surface area contributed by atoms with Gasteiger partial charge in [-0.25, -0.2) is 0 Å². The number of furan rings is 1. The molecule has 100 valence electrons. The third kappa shape index (κ3) is 4.53. The van der Waals surface area contributed by atoms with E-state index >= 15 is 0 Å². The second-order valence-corrected chi connectivity index (χ2v) is 4.93. The van der Waals surface area contributed by atoms with Gasteiger partial charge in [0, 0.05) is 6.04 Å². The number of carbonyl (C=O) groups excluding carboxylic acids is 1. The Morgan fingerprint density at radius 2 is 2.06 bits per heavy atom. The number of amides is 1. The van der Waals surface area contributed by atoms with Gasteiger partial charge in [0.15, 0.2) is 0 Å². The molecule has 4 nitrogen and oxygen atoms in total. The summed E-state index contributed by atoms with van der Waals surface area (Å²) in [6.45, 7) is 0.879. The summed E-state index contributed by atoms with van der Waals surface area (Å²) in [4.78, 5) is 11.7. The second-order valence-electron chi connectivity index (χ2n) is 4.93. The van der Waals surface area contributed by atoms with Gasteiger partial charge in [-0.2, -0.15) is 0 Å². The first-order chi connectivity index (χ1) is 8.84. The van der Waals surface area contributed by atoms with Gasteiger partial charge in [-0.3, -0.25) is 4.79 Å². The van der Waals surface area contributed by atoms with E-state index in [1.54, 1.807) is 6.26 Å². The highest BCUT2D eigenvalue weighted by molar-refractivity contribution is 5.77. The number of carbonyl (C=O) groups is 1. The summed E-state index contributed by atoms with van der Waals surface area (Å²) in [5, 5.41) is 6.19. The Bertz CT molecular complexity index is 341. The van der Waals surface area contributed by atoms with E-state index in [1.807, 2.05) is 12.1 Å². The first-order valence-electron chi connectivity index (χ1n) is 6.87. The van der Waals surface area contributed by atoms with Gasteiger partial charge in [0.1, 0.15) is 5.76 Å². The molecule has 0 aromatic carbocycles. The molecule has 1 saturated carbocycles. The Labute approximate surface area is 108 Å². The molecular formula is C14H22N2O2. The molecule has 4 heteroatoms. The average molecular weight is 250 g/mol. The number of rotatable bonds is 5. The summed E-state index contributed by atoms with van der Waals surface area (Å²) < 4.78 is 5.16. The Hall–Kier alpha value is -1.29. The van der Waals surface area contributed by atoms with E-state index in [4.69, 9.17) is 4.42 Å². The third-order valence-electron chi connectivity index (χ3n) is 3.45. The molecule has 0 spiro atoms. The average Bonchev–Trinajstić information content (AvgIpc) is 2.76. The Kier molecular flexibility index (Phi) is 5.27. The molecule has 1 aliphatic carbocycles. The SMILES string of the molecule is O=C(CNC1CCCCCC1)NCc1ccco1. The first kappa shape index (κ1) is 13.1. The molecule has 18 heavy (non-hydrogen) atoms. The summed E-state index contributed by atoms with van der Waals surface area (Å²) in [5.74, 6) is 0.827. The largest absolute Gasteiger partial charge is 0.467 e. The van der Waals surface area contributed by atoms with Gasteiger partial charge in [-0.05, 0) is 25.0 Å². The van der Waals surface area contributed by atoms with Crippen molar-refractivity contribution in [3.63, 3.8) is 0 Å². The molecule has 2 N–H and O–H groups in total. The van der Waals surface area contributed by atoms with E-state index in [1.165, 1.54) is 38.5 Å². The van der Waals surface area contributed by atoms with Gasteiger partial charge < -0.3 is 15.1 Å². The molecule has 0 bridgehead atoms. The monoisotopic (exact) mass is 250 g/mol. The molecule has 0 unspecified atom stereocenters. The summed E-state index contributed by atoms with van der Waals surface area (Å²) in [7, 11) is 0. The molecular weight excluding hydrogens is 228 g/mol. The number of hydrogen-bond acceptors (Lipinski definition) is 3. The Balaban J connectivity index is 1.61. The molecule has 1 fully saturated rings. The molecule has 2 rings (SSSR count). The van der Waals surface area contributed by atoms with Crippen LogP contribution in [0.4, 0.5) is 0 Å². The number of nitrogens with one attached hydrogen (secondary N) is 2. The van der Waals surface area contributed by atoms with E-state index < -0.39 is 0 Å². The van der Waals surface area contributed by atoms with Crippen molar-refractivity contribution < 1.29 is 9.21 Å². The highest BCUT2D eigenvalue weighted by atomic mass is 16.3. The molecule has 1 amide bonds. The lowest BCUT2D eigenvalue weighted by Gasteiger charge is -2.15. The third-order valence-corrected chi connectivity index (χ3v) is 3.45. The van der Waals surface area contributed by atoms with Crippen LogP contribution >= 0.6 is 0 Å². The lowest BCUT2D eigenvalue weighted by molar-refractivity contribution is -0.120. The van der Waals surface area contributed by atoms with Crippen LogP contribution in [0, 0.1) is 0 Å². The Morgan fingerprint density at radius 1 is 1.28 bits per heavy atom. The van der Waals surface area contributed by atoms with Crippen LogP contribution in [0.15, 0.2) is 22.8 Å². The lowest BCUT2D eigenvalue weighted by Crippen LogP contribution is -2.38. The number of hydrogen-bond donors (Lipinski definition) is 2. The van der Waals surface area contributed by atoms with Gasteiger partial charge in [-0.15, -0.1) is 0 Å². The van der Waals surface area contributed by atoms with Crippen LogP contribution in [-0.4, -0.2) is 18.5 Å². The van der Waals surface area contributed by atoms with Crippen molar-refractivity contribution in [2.24, 2.45) is 0 Å².